The van der Waals surface area contributed by atoms with Crippen LogP contribution in [0.15, 0.2) is 152 Å². The summed E-state index contributed by atoms with van der Waals surface area (Å²) in [5, 5.41) is 0.701. The average Bonchev–Trinajstić information content (AvgIpc) is 2.91. The third-order valence-corrected chi connectivity index (χ3v) is 16.9. The molecule has 0 spiro atoms. The van der Waals surface area contributed by atoms with Crippen LogP contribution in [0.1, 0.15) is 16.8 Å². The summed E-state index contributed by atoms with van der Waals surface area (Å²) in [6.45, 7) is 0. The van der Waals surface area contributed by atoms with Crippen molar-refractivity contribution in [3.05, 3.63) is 163 Å². The van der Waals surface area contributed by atoms with Gasteiger partial charge in [-0.25, -0.2) is 0 Å². The molecule has 0 aliphatic rings. The molecule has 33 heavy (non-hydrogen) atoms. The molecule has 2 heteroatoms. The molecule has 5 rings (SSSR count). The van der Waals surface area contributed by atoms with Crippen LogP contribution in [-0.4, -0.2) is 0 Å². The van der Waals surface area contributed by atoms with Crippen LogP contribution in [0.3, 0.4) is 0 Å². The summed E-state index contributed by atoms with van der Waals surface area (Å²) in [5.41, 5.74) is 2.69. The van der Waals surface area contributed by atoms with Gasteiger partial charge in [0.15, 0.2) is 0 Å². The van der Waals surface area contributed by atoms with Crippen molar-refractivity contribution in [1.82, 2.24) is 0 Å². The Morgan fingerprint density at radius 3 is 0.879 bits per heavy atom. The molecule has 0 bridgehead atoms. The van der Waals surface area contributed by atoms with Crippen molar-refractivity contribution in [2.24, 2.45) is 0 Å². The fourth-order valence-corrected chi connectivity index (χ4v) is 14.1. The maximum atomic E-state index is 4.69. The maximum absolute atomic E-state index is 4.69. The zero-order valence-corrected chi connectivity index (χ0v) is 20.8. The number of hydrogen-bond acceptors (Lipinski definition) is 0. The third kappa shape index (κ3) is 3.57. The van der Waals surface area contributed by atoms with E-state index in [0.29, 0.717) is 0 Å². The quantitative estimate of drug-likeness (QED) is 0.207. The molecular formula is C31H26BrP. The number of benzene rings is 5. The van der Waals surface area contributed by atoms with Gasteiger partial charge in [-0.05, 0) is 0 Å². The van der Waals surface area contributed by atoms with E-state index in [0.717, 1.165) is 0 Å². The van der Waals surface area contributed by atoms with E-state index in [2.05, 4.69) is 167 Å². The standard InChI is InChI=1S/C31H26BrP/c32-33(28-20-10-3-11-21-28,29-22-12-4-13-23-29,30-24-14-5-15-25-30)31(26-16-6-1-7-17-26)27-18-8-2-9-19-27/h1-25,31H. The summed E-state index contributed by atoms with van der Waals surface area (Å²) in [4.78, 5) is 0. The molecular weight excluding hydrogens is 483 g/mol. The molecule has 5 aromatic carbocycles. The van der Waals surface area contributed by atoms with E-state index in [9.17, 15) is 0 Å². The predicted octanol–water partition coefficient (Wildman–Crippen LogP) is 7.62. The molecule has 0 amide bonds. The summed E-state index contributed by atoms with van der Waals surface area (Å²) in [6.07, 6.45) is 0. The molecule has 0 unspecified atom stereocenters. The summed E-state index contributed by atoms with van der Waals surface area (Å²) in [5.74, 6) is 0. The van der Waals surface area contributed by atoms with Gasteiger partial charge >= 0.3 is 205 Å². The van der Waals surface area contributed by atoms with Crippen LogP contribution in [0.25, 0.3) is 0 Å². The second-order valence-electron chi connectivity index (χ2n) is 8.30. The number of hydrogen-bond donors (Lipinski definition) is 0. The Bertz CT molecular complexity index is 1170. The molecule has 0 saturated heterocycles. The molecule has 0 aromatic heterocycles. The summed E-state index contributed by atoms with van der Waals surface area (Å²) in [7, 11) is 0. The van der Waals surface area contributed by atoms with Crippen molar-refractivity contribution >= 4 is 36.7 Å². The van der Waals surface area contributed by atoms with Crippen molar-refractivity contribution < 1.29 is 0 Å². The number of halogens is 1. The molecule has 0 aliphatic carbocycles. The SMILES string of the molecule is BrP(c1ccccc1)(c1ccccc1)(c1ccccc1)C(c1ccccc1)c1ccccc1. The minimum absolute atomic E-state index is 0.0885. The molecule has 0 aliphatic heterocycles. The van der Waals surface area contributed by atoms with Crippen molar-refractivity contribution in [2.75, 3.05) is 0 Å². The molecule has 0 radical (unpaired) electrons. The Morgan fingerprint density at radius 2 is 0.606 bits per heavy atom. The first-order chi connectivity index (χ1) is 16.2. The van der Waals surface area contributed by atoms with Crippen LogP contribution in [-0.2, 0) is 0 Å². The Kier molecular flexibility index (Phi) is 6.02. The van der Waals surface area contributed by atoms with Crippen LogP contribution >= 0.6 is 20.8 Å². The summed E-state index contributed by atoms with van der Waals surface area (Å²) >= 11 is 4.69. The van der Waals surface area contributed by atoms with E-state index >= 15 is 0 Å². The zero-order valence-electron chi connectivity index (χ0n) is 18.3. The van der Waals surface area contributed by atoms with Gasteiger partial charge in [-0.1, -0.05) is 0 Å². The summed E-state index contributed by atoms with van der Waals surface area (Å²) < 4.78 is 0. The van der Waals surface area contributed by atoms with Crippen LogP contribution < -0.4 is 15.9 Å². The minimum atomic E-state index is -3.25. The van der Waals surface area contributed by atoms with Gasteiger partial charge in [-0.3, -0.25) is 0 Å². The first-order valence-corrected chi connectivity index (χ1v) is 15.6. The molecule has 0 N–H and O–H groups in total. The van der Waals surface area contributed by atoms with Gasteiger partial charge in [0, 0.05) is 0 Å². The van der Waals surface area contributed by atoms with Gasteiger partial charge in [-0.15, -0.1) is 0 Å². The molecule has 162 valence electrons. The first-order valence-electron chi connectivity index (χ1n) is 11.2. The van der Waals surface area contributed by atoms with E-state index in [-0.39, 0.29) is 5.66 Å². The van der Waals surface area contributed by atoms with Crippen LogP contribution in [0.2, 0.25) is 0 Å². The molecule has 0 atom stereocenters. The Balaban J connectivity index is 2.01. The topological polar surface area (TPSA) is 0 Å². The molecule has 0 saturated carbocycles. The van der Waals surface area contributed by atoms with E-state index < -0.39 is 5.31 Å². The van der Waals surface area contributed by atoms with Gasteiger partial charge in [0.2, 0.25) is 0 Å². The zero-order chi connectivity index (χ0) is 22.6. The summed E-state index contributed by atoms with van der Waals surface area (Å²) in [6, 6.07) is 55.0. The fraction of sp³-hybridized carbons (Fsp3) is 0.0323. The van der Waals surface area contributed by atoms with Gasteiger partial charge in [-0.2, -0.15) is 0 Å². The van der Waals surface area contributed by atoms with Crippen LogP contribution in [0.5, 0.6) is 0 Å². The first kappa shape index (κ1) is 21.8. The van der Waals surface area contributed by atoms with Crippen LogP contribution in [0, 0.1) is 0 Å². The van der Waals surface area contributed by atoms with Crippen molar-refractivity contribution in [3.8, 4) is 0 Å². The Morgan fingerprint density at radius 1 is 0.364 bits per heavy atom. The van der Waals surface area contributed by atoms with Crippen LogP contribution in [0.4, 0.5) is 0 Å². The fourth-order valence-electron chi connectivity index (χ4n) is 5.08. The molecule has 5 aromatic rings. The normalized spacial score (nSPS) is 12.7. The van der Waals surface area contributed by atoms with Crippen molar-refractivity contribution in [1.29, 1.82) is 0 Å². The van der Waals surface area contributed by atoms with Gasteiger partial charge in [0.05, 0.1) is 0 Å². The monoisotopic (exact) mass is 508 g/mol. The number of rotatable bonds is 6. The van der Waals surface area contributed by atoms with Gasteiger partial charge in [0.1, 0.15) is 0 Å². The Hall–Kier alpha value is -2.99. The van der Waals surface area contributed by atoms with E-state index in [1.54, 1.807) is 0 Å². The second kappa shape index (κ2) is 9.10. The second-order valence-corrected chi connectivity index (χ2v) is 16.9. The van der Waals surface area contributed by atoms with Gasteiger partial charge in [0.25, 0.3) is 0 Å². The average molecular weight is 509 g/mol. The molecule has 0 heterocycles. The van der Waals surface area contributed by atoms with Crippen molar-refractivity contribution in [3.63, 3.8) is 0 Å². The predicted molar refractivity (Wildman–Crippen MR) is 149 cm³/mol. The van der Waals surface area contributed by atoms with E-state index in [1.807, 2.05) is 0 Å². The van der Waals surface area contributed by atoms with Gasteiger partial charge < -0.3 is 0 Å². The molecule has 0 nitrogen and oxygen atoms in total. The van der Waals surface area contributed by atoms with Crippen molar-refractivity contribution in [2.45, 2.75) is 5.66 Å². The van der Waals surface area contributed by atoms with E-state index in [4.69, 9.17) is 0 Å². The van der Waals surface area contributed by atoms with E-state index in [1.165, 1.54) is 27.0 Å². The third-order valence-electron chi connectivity index (χ3n) is 6.50. The Labute approximate surface area is 204 Å². The molecule has 0 fully saturated rings.